The van der Waals surface area contributed by atoms with Gasteiger partial charge in [-0.15, -0.1) is 0 Å². The van der Waals surface area contributed by atoms with Gasteiger partial charge in [-0.3, -0.25) is 4.98 Å². The van der Waals surface area contributed by atoms with E-state index in [2.05, 4.69) is 500 Å². The van der Waals surface area contributed by atoms with Gasteiger partial charge in [0, 0.05) is 12.4 Å². The zero-order chi connectivity index (χ0) is 85.9. The van der Waals surface area contributed by atoms with Crippen molar-refractivity contribution in [1.29, 1.82) is 0 Å². The Labute approximate surface area is 725 Å². The molecule has 15 aromatic carbocycles. The van der Waals surface area contributed by atoms with Crippen LogP contribution in [0.1, 0.15) is 152 Å². The highest BCUT2D eigenvalue weighted by molar-refractivity contribution is 5.70. The monoisotopic (exact) mass is 1580 g/mol. The summed E-state index contributed by atoms with van der Waals surface area (Å²) in [6.07, 6.45) is 6.81. The summed E-state index contributed by atoms with van der Waals surface area (Å²) in [5, 5.41) is 0. The number of aromatic nitrogens is 1. The van der Waals surface area contributed by atoms with E-state index in [0.717, 1.165) is 19.3 Å². The molecule has 0 atom stereocenters. The third-order valence-corrected chi connectivity index (χ3v) is 20.3. The molecule has 16 rings (SSSR count). The Morgan fingerprint density at radius 2 is 0.408 bits per heavy atom. The minimum absolute atomic E-state index is 0. The summed E-state index contributed by atoms with van der Waals surface area (Å²) in [5.74, 6) is 0. The van der Waals surface area contributed by atoms with Gasteiger partial charge in [0.05, 0.1) is 0 Å². The highest BCUT2D eigenvalue weighted by atomic mass is 14.6. The van der Waals surface area contributed by atoms with Crippen LogP contribution in [0.5, 0.6) is 0 Å². The Morgan fingerprint density at radius 1 is 0.158 bits per heavy atom. The molecule has 0 aliphatic carbocycles. The third-order valence-electron chi connectivity index (χ3n) is 20.3. The van der Waals surface area contributed by atoms with Crippen LogP contribution in [0, 0.1) is 138 Å². The Balaban J connectivity index is 0.000000208. The summed E-state index contributed by atoms with van der Waals surface area (Å²) in [4.78, 5) is 3.98. The van der Waals surface area contributed by atoms with Crippen LogP contribution in [0.3, 0.4) is 0 Å². The number of nitrogens with zero attached hydrogens (tertiary/aromatic N) is 1. The molecule has 0 radical (unpaired) electrons. The second-order valence-corrected chi connectivity index (χ2v) is 31.9. The molecule has 1 heterocycles. The summed E-state index contributed by atoms with van der Waals surface area (Å²) in [7, 11) is 0. The third kappa shape index (κ3) is 37.0. The summed E-state index contributed by atoms with van der Waals surface area (Å²) in [6, 6.07) is 131. The molecule has 614 valence electrons. The number of hydrogen-bond donors (Lipinski definition) is 0. The van der Waals surface area contributed by atoms with Crippen LogP contribution in [0.25, 0.3) is 33.4 Å². The molecule has 1 nitrogen and oxygen atoms in total. The van der Waals surface area contributed by atoms with E-state index in [9.17, 15) is 0 Å². The quantitative estimate of drug-likeness (QED) is 0.140. The number of rotatable bonds is 9. The van der Waals surface area contributed by atoms with Crippen LogP contribution in [-0.2, 0) is 19.3 Å². The molecule has 0 saturated carbocycles. The smallest absolute Gasteiger partial charge is 0.0297 e. The minimum atomic E-state index is 0. The summed E-state index contributed by atoms with van der Waals surface area (Å²) < 4.78 is 0. The molecule has 0 bridgehead atoms. The first-order valence-electron chi connectivity index (χ1n) is 41.9. The normalized spacial score (nSPS) is 9.87. The van der Waals surface area contributed by atoms with Crippen molar-refractivity contribution in [3.63, 3.8) is 0 Å². The van der Waals surface area contributed by atoms with Gasteiger partial charge < -0.3 is 0 Å². The highest BCUT2D eigenvalue weighted by Gasteiger charge is 2.06. The van der Waals surface area contributed by atoms with Crippen molar-refractivity contribution < 1.29 is 0 Å². The molecule has 16 aromatic rings. The number of pyridine rings is 1. The standard InChI is InChI=1S/3C15H16.3C14H14.3C8H10.C7H9N.CH4/c1-12-3-7-14(8-4-12)11-15-9-5-13(2)6-10-15;1-12-5-3-7-14(9-12)11-15-8-4-6-13(2)10-15;1-12-7-3-5-9-14(12)11-15-10-6-4-8-13(15)2;1-11-3-7-13(8-4-11)14-9-5-12(2)6-10-14;1-11-5-3-7-13(9-11)14-8-4-6-12(2)10-14;1-11-7-3-5-9-13(11)14-10-6-4-8-12(14)2;1-7-3-5-8(2)6-4-7;1-7-4-3-5-8(2)6-7;1-7-5-3-4-6-8(7)2;1-6-3-7(2)5-8-4-6;/h3*3-10H,11H2,1-2H3;3*3-10H,1-2H3;3*3-6H,1-2H3;3-5H,1-2H3;1H4. The SMILES string of the molecule is C.Cc1ccc(-c2ccc(C)cc2)cc1.Cc1ccc(C)cc1.Cc1ccc(Cc2ccc(C)cc2)cc1.Cc1cccc(-c2cccc(C)c2)c1.Cc1cccc(C)c1.Cc1cccc(Cc2cccc(C)c2)c1.Cc1ccccc1-c1ccccc1C.Cc1ccccc1C.Cc1ccccc1Cc1ccccc1C.Cc1cncc(C)c1. The van der Waals surface area contributed by atoms with Crippen LogP contribution < -0.4 is 0 Å². The first-order chi connectivity index (χ1) is 57.2. The molecule has 0 spiro atoms. The Bertz CT molecular complexity index is 5220. The lowest BCUT2D eigenvalue weighted by molar-refractivity contribution is 1.13. The van der Waals surface area contributed by atoms with Gasteiger partial charge in [0.25, 0.3) is 0 Å². The van der Waals surface area contributed by atoms with Gasteiger partial charge in [-0.2, -0.15) is 0 Å². The van der Waals surface area contributed by atoms with Gasteiger partial charge in [0.2, 0.25) is 0 Å². The largest absolute Gasteiger partial charge is 0.264 e. The second-order valence-electron chi connectivity index (χ2n) is 31.9. The molecular weight excluding hydrogens is 1440 g/mol. The van der Waals surface area contributed by atoms with E-state index >= 15 is 0 Å². The Hall–Kier alpha value is -12.6. The van der Waals surface area contributed by atoms with Gasteiger partial charge in [-0.1, -0.05) is 444 Å². The van der Waals surface area contributed by atoms with E-state index in [1.807, 2.05) is 26.2 Å². The van der Waals surface area contributed by atoms with Gasteiger partial charge in [-0.25, -0.2) is 0 Å². The van der Waals surface area contributed by atoms with E-state index in [0.29, 0.717) is 0 Å². The molecule has 1 heteroatoms. The molecule has 120 heavy (non-hydrogen) atoms. The van der Waals surface area contributed by atoms with E-state index in [1.165, 1.54) is 178 Å². The number of hydrogen-bond acceptors (Lipinski definition) is 1. The van der Waals surface area contributed by atoms with Gasteiger partial charge >= 0.3 is 0 Å². The average molecular weight is 1580 g/mol. The van der Waals surface area contributed by atoms with Crippen LogP contribution in [-0.4, -0.2) is 4.98 Å². The van der Waals surface area contributed by atoms with Crippen molar-refractivity contribution in [2.75, 3.05) is 0 Å². The maximum atomic E-state index is 3.98. The molecule has 0 N–H and O–H groups in total. The first-order valence-corrected chi connectivity index (χ1v) is 41.9. The lowest BCUT2D eigenvalue weighted by Crippen LogP contribution is -1.93. The first kappa shape index (κ1) is 96.3. The van der Waals surface area contributed by atoms with Crippen LogP contribution in [0.15, 0.2) is 382 Å². The number of benzene rings is 15. The molecule has 0 amide bonds. The van der Waals surface area contributed by atoms with E-state index in [4.69, 9.17) is 0 Å². The van der Waals surface area contributed by atoms with Crippen LogP contribution in [0.4, 0.5) is 0 Å². The Morgan fingerprint density at radius 3 is 0.683 bits per heavy atom. The second kappa shape index (κ2) is 52.3. The van der Waals surface area contributed by atoms with Crippen molar-refractivity contribution >= 4 is 0 Å². The molecular formula is C119H133N. The van der Waals surface area contributed by atoms with Gasteiger partial charge in [0.1, 0.15) is 0 Å². The van der Waals surface area contributed by atoms with E-state index in [1.54, 1.807) is 0 Å². The van der Waals surface area contributed by atoms with Gasteiger partial charge in [-0.05, 0) is 269 Å². The van der Waals surface area contributed by atoms with Crippen molar-refractivity contribution in [1.82, 2.24) is 4.98 Å². The maximum absolute atomic E-state index is 3.98. The van der Waals surface area contributed by atoms with Crippen molar-refractivity contribution in [2.24, 2.45) is 0 Å². The zero-order valence-electron chi connectivity index (χ0n) is 74.9. The maximum Gasteiger partial charge on any atom is 0.0297 e. The minimum Gasteiger partial charge on any atom is -0.264 e. The fourth-order valence-electron chi connectivity index (χ4n) is 13.1. The van der Waals surface area contributed by atoms with Crippen LogP contribution >= 0.6 is 0 Å². The fraction of sp³-hybridized carbons (Fsp3) is 0.202. The lowest BCUT2D eigenvalue weighted by atomic mass is 9.97. The zero-order valence-corrected chi connectivity index (χ0v) is 74.9. The summed E-state index contributed by atoms with van der Waals surface area (Å²) in [6.45, 7) is 42.4. The number of aryl methyl sites for hydroxylation is 20. The topological polar surface area (TPSA) is 12.9 Å². The predicted molar refractivity (Wildman–Crippen MR) is 528 cm³/mol. The average Bonchev–Trinajstić information content (AvgIpc) is 0.834. The summed E-state index contributed by atoms with van der Waals surface area (Å²) in [5.41, 5.74) is 42.7. The van der Waals surface area contributed by atoms with Crippen molar-refractivity contribution in [3.8, 4) is 33.4 Å². The van der Waals surface area contributed by atoms with E-state index < -0.39 is 0 Å². The fourth-order valence-corrected chi connectivity index (χ4v) is 13.1. The van der Waals surface area contributed by atoms with Crippen molar-refractivity contribution in [3.05, 3.63) is 527 Å². The predicted octanol–water partition coefficient (Wildman–Crippen LogP) is 32.8. The summed E-state index contributed by atoms with van der Waals surface area (Å²) >= 11 is 0. The lowest BCUT2D eigenvalue weighted by Gasteiger charge is -2.08. The van der Waals surface area contributed by atoms with Gasteiger partial charge in [0.15, 0.2) is 0 Å². The van der Waals surface area contributed by atoms with Crippen molar-refractivity contribution in [2.45, 2.75) is 165 Å². The highest BCUT2D eigenvalue weighted by Crippen LogP contribution is 2.27. The van der Waals surface area contributed by atoms with Crippen LogP contribution in [0.2, 0.25) is 0 Å². The molecule has 0 aliphatic rings. The Kier molecular flexibility index (Phi) is 42.0. The molecule has 1 aromatic heterocycles. The molecule has 0 aliphatic heterocycles. The molecule has 0 saturated heterocycles. The molecule has 0 unspecified atom stereocenters. The molecule has 0 fully saturated rings. The van der Waals surface area contributed by atoms with E-state index in [-0.39, 0.29) is 7.43 Å².